The molecule has 0 spiro atoms. The molecule has 0 aromatic carbocycles. The van der Waals surface area contributed by atoms with E-state index in [1.54, 1.807) is 0 Å². The van der Waals surface area contributed by atoms with Gasteiger partial charge in [-0.25, -0.2) is 0 Å². The molecule has 2 rings (SSSR count). The van der Waals surface area contributed by atoms with Gasteiger partial charge in [-0.3, -0.25) is 0 Å². The molecule has 2 fully saturated rings. The number of nitrogens with two attached hydrogens (primary N) is 2. The molecule has 0 saturated heterocycles. The van der Waals surface area contributed by atoms with Gasteiger partial charge in [0, 0.05) is 12.1 Å². The van der Waals surface area contributed by atoms with Crippen molar-refractivity contribution in [1.29, 1.82) is 0 Å². The third kappa shape index (κ3) is 4.26. The van der Waals surface area contributed by atoms with Gasteiger partial charge in [0.15, 0.2) is 0 Å². The number of halogens is 2. The highest BCUT2D eigenvalue weighted by atomic mass is 35.5. The molecular formula is C14H30Cl2N2. The van der Waals surface area contributed by atoms with Gasteiger partial charge in [-0.1, -0.05) is 13.8 Å². The summed E-state index contributed by atoms with van der Waals surface area (Å²) >= 11 is 0. The minimum absolute atomic E-state index is 0. The fourth-order valence-corrected chi connectivity index (χ4v) is 3.78. The van der Waals surface area contributed by atoms with Crippen LogP contribution in [0.15, 0.2) is 0 Å². The molecule has 18 heavy (non-hydrogen) atoms. The van der Waals surface area contributed by atoms with Crippen LogP contribution in [0.3, 0.4) is 0 Å². The Morgan fingerprint density at radius 3 is 1.33 bits per heavy atom. The Balaban J connectivity index is -0.000000722. The highest BCUT2D eigenvalue weighted by Gasteiger charge is 2.34. The monoisotopic (exact) mass is 296 g/mol. The molecule has 110 valence electrons. The predicted octanol–water partition coefficient (Wildman–Crippen LogP) is -3.25. The first-order chi connectivity index (χ1) is 7.58. The third-order valence-corrected chi connectivity index (χ3v) is 5.22. The van der Waals surface area contributed by atoms with Crippen molar-refractivity contribution in [3.63, 3.8) is 0 Å². The molecule has 2 saturated carbocycles. The predicted molar refractivity (Wildman–Crippen MR) is 71.2 cm³/mol. The zero-order valence-corrected chi connectivity index (χ0v) is 13.1. The van der Waals surface area contributed by atoms with E-state index in [2.05, 4.69) is 13.8 Å². The van der Waals surface area contributed by atoms with E-state index in [1.807, 2.05) is 0 Å². The molecule has 0 radical (unpaired) electrons. The van der Waals surface area contributed by atoms with E-state index in [0.717, 1.165) is 23.7 Å². The average Bonchev–Trinajstić information content (AvgIpc) is 2.26. The van der Waals surface area contributed by atoms with Gasteiger partial charge in [-0.2, -0.15) is 0 Å². The summed E-state index contributed by atoms with van der Waals surface area (Å²) in [5.41, 5.74) is 12.2. The maximum absolute atomic E-state index is 6.10. The molecule has 0 amide bonds. The van der Waals surface area contributed by atoms with Gasteiger partial charge in [0.1, 0.15) is 0 Å². The van der Waals surface area contributed by atoms with Gasteiger partial charge in [-0.05, 0) is 62.2 Å². The summed E-state index contributed by atoms with van der Waals surface area (Å²) in [6.45, 7) is 4.66. The van der Waals surface area contributed by atoms with Gasteiger partial charge in [0.25, 0.3) is 0 Å². The van der Waals surface area contributed by atoms with Crippen LogP contribution < -0.4 is 36.3 Å². The van der Waals surface area contributed by atoms with Crippen LogP contribution in [-0.4, -0.2) is 12.1 Å². The first-order valence-electron chi connectivity index (χ1n) is 7.09. The van der Waals surface area contributed by atoms with Gasteiger partial charge < -0.3 is 36.3 Å². The zero-order chi connectivity index (χ0) is 11.7. The van der Waals surface area contributed by atoms with E-state index in [9.17, 15) is 0 Å². The highest BCUT2D eigenvalue weighted by molar-refractivity contribution is 4.88. The Bertz CT molecular complexity index is 223. The second kappa shape index (κ2) is 7.94. The maximum Gasteiger partial charge on any atom is 1.00 e. The van der Waals surface area contributed by atoms with Crippen molar-refractivity contribution in [2.24, 2.45) is 35.1 Å². The molecule has 0 heterocycles. The summed E-state index contributed by atoms with van der Waals surface area (Å²) in [5, 5.41) is 0. The largest absolute Gasteiger partial charge is 1.00 e. The minimum Gasteiger partial charge on any atom is -1.00 e. The Hall–Kier alpha value is 0.500. The molecule has 0 bridgehead atoms. The van der Waals surface area contributed by atoms with E-state index in [0.29, 0.717) is 12.1 Å². The smallest absolute Gasteiger partial charge is 1.00 e. The van der Waals surface area contributed by atoms with Gasteiger partial charge in [0.2, 0.25) is 0 Å². The molecule has 4 N–H and O–H groups in total. The average molecular weight is 297 g/mol. The molecule has 0 aromatic heterocycles. The second-order valence-electron chi connectivity index (χ2n) is 6.43. The molecular weight excluding hydrogens is 267 g/mol. The summed E-state index contributed by atoms with van der Waals surface area (Å²) in [5.74, 6) is 3.32. The highest BCUT2D eigenvalue weighted by Crippen LogP contribution is 2.41. The van der Waals surface area contributed by atoms with Crippen LogP contribution in [0.25, 0.3) is 0 Å². The Kier molecular flexibility index (Phi) is 8.16. The topological polar surface area (TPSA) is 52.0 Å². The summed E-state index contributed by atoms with van der Waals surface area (Å²) in [6, 6.07) is 0.916. The lowest BCUT2D eigenvalue weighted by molar-refractivity contribution is -0.00100. The van der Waals surface area contributed by atoms with Crippen molar-refractivity contribution in [3.05, 3.63) is 0 Å². The van der Waals surface area contributed by atoms with E-state index in [1.165, 1.54) is 38.5 Å². The summed E-state index contributed by atoms with van der Waals surface area (Å²) in [4.78, 5) is 0. The minimum atomic E-state index is 0. The number of hydrogen-bond donors (Lipinski definition) is 2. The fourth-order valence-electron chi connectivity index (χ4n) is 3.78. The third-order valence-electron chi connectivity index (χ3n) is 5.22. The van der Waals surface area contributed by atoms with E-state index >= 15 is 0 Å². The fraction of sp³-hybridized carbons (Fsp3) is 1.00. The van der Waals surface area contributed by atoms with Crippen molar-refractivity contribution >= 4 is 0 Å². The SMILES string of the molecule is CC1CC(C2CCC(N)C(C)C2)CCC1N.[Cl-].[Cl-].[H+].[H+]. The zero-order valence-electron chi connectivity index (χ0n) is 13.6. The number of hydrogen-bond acceptors (Lipinski definition) is 2. The van der Waals surface area contributed by atoms with Gasteiger partial charge in [-0.15, -0.1) is 0 Å². The Labute approximate surface area is 127 Å². The quantitative estimate of drug-likeness (QED) is 0.534. The molecule has 6 atom stereocenters. The van der Waals surface area contributed by atoms with Crippen LogP contribution in [0.2, 0.25) is 0 Å². The molecule has 6 unspecified atom stereocenters. The maximum atomic E-state index is 6.10. The van der Waals surface area contributed by atoms with Crippen LogP contribution in [0.1, 0.15) is 55.2 Å². The van der Waals surface area contributed by atoms with E-state index in [4.69, 9.17) is 11.5 Å². The molecule has 2 aliphatic carbocycles. The van der Waals surface area contributed by atoms with Crippen molar-refractivity contribution in [2.75, 3.05) is 0 Å². The molecule has 0 aromatic rings. The Morgan fingerprint density at radius 1 is 0.722 bits per heavy atom. The second-order valence-corrected chi connectivity index (χ2v) is 6.43. The lowest BCUT2D eigenvalue weighted by atomic mass is 9.67. The lowest BCUT2D eigenvalue weighted by Gasteiger charge is -2.41. The number of rotatable bonds is 1. The summed E-state index contributed by atoms with van der Waals surface area (Å²) < 4.78 is 0. The van der Waals surface area contributed by atoms with Crippen LogP contribution in [0.4, 0.5) is 0 Å². The standard InChI is InChI=1S/C14H28N2.2ClH/c1-9-7-11(3-5-13(9)15)12-4-6-14(16)10(2)8-12;;/h9-14H,3-8,15-16H2,1-2H3;2*1H. The van der Waals surface area contributed by atoms with Crippen LogP contribution in [0.5, 0.6) is 0 Å². The first kappa shape index (κ1) is 18.5. The summed E-state index contributed by atoms with van der Waals surface area (Å²) in [7, 11) is 0. The van der Waals surface area contributed by atoms with Gasteiger partial charge >= 0.3 is 2.85 Å². The van der Waals surface area contributed by atoms with E-state index < -0.39 is 0 Å². The van der Waals surface area contributed by atoms with Crippen LogP contribution in [-0.2, 0) is 0 Å². The molecule has 2 nitrogen and oxygen atoms in total. The van der Waals surface area contributed by atoms with Crippen molar-refractivity contribution in [3.8, 4) is 0 Å². The molecule has 0 aliphatic heterocycles. The normalized spacial score (nSPS) is 44.7. The lowest BCUT2D eigenvalue weighted by Crippen LogP contribution is -3.00. The van der Waals surface area contributed by atoms with Crippen molar-refractivity contribution in [1.82, 2.24) is 0 Å². The first-order valence-corrected chi connectivity index (χ1v) is 7.09. The van der Waals surface area contributed by atoms with Crippen LogP contribution >= 0.6 is 0 Å². The van der Waals surface area contributed by atoms with Gasteiger partial charge in [0.05, 0.1) is 0 Å². The van der Waals surface area contributed by atoms with Crippen molar-refractivity contribution < 1.29 is 27.7 Å². The summed E-state index contributed by atoms with van der Waals surface area (Å²) in [6.07, 6.45) is 7.91. The molecule has 2 aliphatic rings. The molecule has 4 heteroatoms. The van der Waals surface area contributed by atoms with Crippen LogP contribution in [0, 0.1) is 23.7 Å². The Morgan fingerprint density at radius 2 is 1.06 bits per heavy atom. The van der Waals surface area contributed by atoms with E-state index in [-0.39, 0.29) is 27.7 Å². The van der Waals surface area contributed by atoms with Crippen molar-refractivity contribution in [2.45, 2.75) is 64.5 Å².